The minimum absolute atomic E-state index is 0.000494. The number of aromatic nitrogens is 2. The second kappa shape index (κ2) is 8.77. The minimum atomic E-state index is -4.21. The molecule has 1 aromatic carbocycles. The summed E-state index contributed by atoms with van der Waals surface area (Å²) < 4.78 is 53.1. The summed E-state index contributed by atoms with van der Waals surface area (Å²) in [7, 11) is -7.67. The molecule has 32 heavy (non-hydrogen) atoms. The van der Waals surface area contributed by atoms with Crippen molar-refractivity contribution in [3.8, 4) is 5.00 Å². The van der Waals surface area contributed by atoms with Gasteiger partial charge in [-0.1, -0.05) is 37.3 Å². The Morgan fingerprint density at radius 1 is 1.19 bits per heavy atom. The number of carbonyl (C=O) groups is 1. The predicted molar refractivity (Wildman–Crippen MR) is 120 cm³/mol. The second-order valence-electron chi connectivity index (χ2n) is 7.47. The van der Waals surface area contributed by atoms with Crippen molar-refractivity contribution in [2.75, 3.05) is 6.26 Å². The maximum atomic E-state index is 13.1. The molecule has 0 aliphatic heterocycles. The van der Waals surface area contributed by atoms with Crippen molar-refractivity contribution in [3.05, 3.63) is 60.4 Å². The number of hydrogen-bond donors (Lipinski definition) is 2. The number of thiophene rings is 1. The number of sulfonamides is 1. The average molecular weight is 498 g/mol. The summed E-state index contributed by atoms with van der Waals surface area (Å²) in [5.41, 5.74) is -1.09. The van der Waals surface area contributed by atoms with E-state index in [4.69, 9.17) is 0 Å². The molecule has 0 aliphatic carbocycles. The molecule has 12 heteroatoms. The van der Waals surface area contributed by atoms with Crippen molar-refractivity contribution in [2.24, 2.45) is 0 Å². The summed E-state index contributed by atoms with van der Waals surface area (Å²) in [4.78, 5) is 12.2. The average Bonchev–Trinajstić information content (AvgIpc) is 3.38. The summed E-state index contributed by atoms with van der Waals surface area (Å²) in [6.45, 7) is 3.15. The van der Waals surface area contributed by atoms with Gasteiger partial charge in [0.15, 0.2) is 9.84 Å². The van der Waals surface area contributed by atoms with Crippen molar-refractivity contribution >= 4 is 37.2 Å². The second-order valence-corrected chi connectivity index (χ2v) is 12.5. The summed E-state index contributed by atoms with van der Waals surface area (Å²) in [6.07, 6.45) is 3.91. The lowest BCUT2D eigenvalue weighted by Crippen LogP contribution is -2.55. The fraction of sp³-hybridized carbons (Fsp3) is 0.300. The number of sulfone groups is 1. The number of carboxylic acid groups (broad SMARTS) is 1. The van der Waals surface area contributed by atoms with Crippen molar-refractivity contribution in [3.63, 3.8) is 0 Å². The van der Waals surface area contributed by atoms with E-state index in [9.17, 15) is 26.7 Å². The number of aliphatic carboxylic acids is 1. The Hall–Kier alpha value is -2.54. The molecular formula is C20H23N3O6S3. The highest BCUT2D eigenvalue weighted by Gasteiger charge is 2.45. The van der Waals surface area contributed by atoms with Gasteiger partial charge in [-0.15, -0.1) is 11.3 Å². The van der Waals surface area contributed by atoms with E-state index in [-0.39, 0.29) is 9.10 Å². The maximum Gasteiger partial charge on any atom is 0.325 e. The predicted octanol–water partition coefficient (Wildman–Crippen LogP) is 2.65. The molecule has 0 unspecified atom stereocenters. The number of benzene rings is 1. The molecule has 2 atom stereocenters. The quantitative estimate of drug-likeness (QED) is 0.464. The Morgan fingerprint density at radius 2 is 1.84 bits per heavy atom. The van der Waals surface area contributed by atoms with Gasteiger partial charge in [-0.25, -0.2) is 21.5 Å². The van der Waals surface area contributed by atoms with Gasteiger partial charge >= 0.3 is 5.97 Å². The summed E-state index contributed by atoms with van der Waals surface area (Å²) in [5, 5.41) is 14.3. The van der Waals surface area contributed by atoms with E-state index in [1.165, 1.54) is 36.1 Å². The lowest BCUT2D eigenvalue weighted by atomic mass is 9.79. The molecule has 2 aromatic heterocycles. The lowest BCUT2D eigenvalue weighted by Gasteiger charge is -2.34. The van der Waals surface area contributed by atoms with Crippen LogP contribution in [0.25, 0.3) is 5.00 Å². The van der Waals surface area contributed by atoms with Crippen LogP contribution in [0.5, 0.6) is 0 Å². The first-order valence-corrected chi connectivity index (χ1v) is 13.7. The van der Waals surface area contributed by atoms with Crippen molar-refractivity contribution in [2.45, 2.75) is 40.8 Å². The molecule has 2 N–H and O–H groups in total. The molecule has 0 saturated heterocycles. The molecular weight excluding hydrogens is 474 g/mol. The molecule has 0 aliphatic rings. The highest BCUT2D eigenvalue weighted by Crippen LogP contribution is 2.34. The first-order valence-electron chi connectivity index (χ1n) is 9.55. The van der Waals surface area contributed by atoms with Gasteiger partial charge in [-0.2, -0.15) is 9.82 Å². The Kier molecular flexibility index (Phi) is 6.61. The van der Waals surface area contributed by atoms with Crippen LogP contribution in [-0.4, -0.2) is 49.5 Å². The van der Waals surface area contributed by atoms with E-state index in [0.717, 1.165) is 17.6 Å². The van der Waals surface area contributed by atoms with Gasteiger partial charge in [-0.3, -0.25) is 4.79 Å². The number of carboxylic acids is 1. The van der Waals surface area contributed by atoms with Gasteiger partial charge in [-0.05, 0) is 31.0 Å². The van der Waals surface area contributed by atoms with Gasteiger partial charge in [0.2, 0.25) is 0 Å². The molecule has 0 spiro atoms. The van der Waals surface area contributed by atoms with Crippen LogP contribution >= 0.6 is 11.3 Å². The van der Waals surface area contributed by atoms with Crippen LogP contribution in [0.3, 0.4) is 0 Å². The highest BCUT2D eigenvalue weighted by molar-refractivity contribution is 7.91. The zero-order chi connectivity index (χ0) is 23.7. The number of nitrogens with one attached hydrogen (secondary N) is 1. The number of hydrogen-bond acceptors (Lipinski definition) is 7. The third-order valence-corrected chi connectivity index (χ3v) is 9.35. The first-order chi connectivity index (χ1) is 14.9. The van der Waals surface area contributed by atoms with E-state index in [0.29, 0.717) is 17.0 Å². The summed E-state index contributed by atoms with van der Waals surface area (Å²) in [5.74, 6) is -1.91. The molecule has 3 rings (SSSR count). The number of rotatable bonds is 9. The molecule has 172 valence electrons. The Morgan fingerprint density at radius 3 is 2.38 bits per heavy atom. The summed E-state index contributed by atoms with van der Waals surface area (Å²) >= 11 is 0.847. The van der Waals surface area contributed by atoms with Gasteiger partial charge in [0.1, 0.15) is 19.6 Å². The third-order valence-electron chi connectivity index (χ3n) is 5.14. The van der Waals surface area contributed by atoms with Gasteiger partial charge < -0.3 is 5.11 Å². The molecule has 9 nitrogen and oxygen atoms in total. The van der Waals surface area contributed by atoms with Gasteiger partial charge in [0.25, 0.3) is 10.0 Å². The van der Waals surface area contributed by atoms with Crippen LogP contribution in [0.1, 0.15) is 31.7 Å². The Bertz CT molecular complexity index is 1330. The monoisotopic (exact) mass is 497 g/mol. The SMILES string of the molecule is CC[C@H](c1ccccc1)[C@](C)(NS(=O)(=O)c1ccc(-n2cc(S(C)(=O)=O)cn2)s1)C(=O)O. The van der Waals surface area contributed by atoms with E-state index in [1.807, 2.05) is 0 Å². The molecule has 0 amide bonds. The third kappa shape index (κ3) is 4.77. The van der Waals surface area contributed by atoms with Crippen LogP contribution in [-0.2, 0) is 24.7 Å². The van der Waals surface area contributed by atoms with Crippen molar-refractivity contribution in [1.29, 1.82) is 0 Å². The van der Waals surface area contributed by atoms with Crippen molar-refractivity contribution < 1.29 is 26.7 Å². The molecule has 0 saturated carbocycles. The summed E-state index contributed by atoms with van der Waals surface area (Å²) in [6, 6.07) is 11.7. The fourth-order valence-electron chi connectivity index (χ4n) is 3.45. The van der Waals surface area contributed by atoms with Crippen LogP contribution in [0.4, 0.5) is 0 Å². The van der Waals surface area contributed by atoms with Crippen LogP contribution in [0.15, 0.2) is 64.0 Å². The van der Waals surface area contributed by atoms with Crippen LogP contribution < -0.4 is 4.72 Å². The normalized spacial score (nSPS) is 15.2. The first kappa shape index (κ1) is 24.1. The highest BCUT2D eigenvalue weighted by atomic mass is 32.2. The van der Waals surface area contributed by atoms with Crippen LogP contribution in [0.2, 0.25) is 0 Å². The Balaban J connectivity index is 1.95. The zero-order valence-corrected chi connectivity index (χ0v) is 20.0. The van der Waals surface area contributed by atoms with Gasteiger partial charge in [0.05, 0.1) is 12.4 Å². The molecule has 0 fully saturated rings. The minimum Gasteiger partial charge on any atom is -0.480 e. The molecule has 2 heterocycles. The van der Waals surface area contributed by atoms with E-state index >= 15 is 0 Å². The largest absolute Gasteiger partial charge is 0.480 e. The molecule has 0 radical (unpaired) electrons. The standard InChI is InChI=1S/C20H23N3O6S3/c1-4-16(14-8-6-5-7-9-14)20(2,19(24)25)22-32(28,29)18-11-10-17(30-18)23-13-15(12-21-23)31(3,26)27/h5-13,16,22H,4H2,1-3H3,(H,24,25)/t16-,20+/m1/s1. The topological polar surface area (TPSA) is 135 Å². The maximum absolute atomic E-state index is 13.1. The van der Waals surface area contributed by atoms with E-state index < -0.39 is 37.3 Å². The molecule has 3 aromatic rings. The zero-order valence-electron chi connectivity index (χ0n) is 17.6. The number of nitrogens with zero attached hydrogens (tertiary/aromatic N) is 2. The van der Waals surface area contributed by atoms with E-state index in [1.54, 1.807) is 37.3 Å². The molecule has 0 bridgehead atoms. The Labute approximate surface area is 190 Å². The van der Waals surface area contributed by atoms with Gasteiger partial charge in [0, 0.05) is 12.2 Å². The van der Waals surface area contributed by atoms with Crippen LogP contribution in [0, 0.1) is 0 Å². The fourth-order valence-corrected chi connectivity index (χ4v) is 6.61. The lowest BCUT2D eigenvalue weighted by molar-refractivity contribution is -0.144. The van der Waals surface area contributed by atoms with Crippen molar-refractivity contribution in [1.82, 2.24) is 14.5 Å². The smallest absolute Gasteiger partial charge is 0.325 e. The van der Waals surface area contributed by atoms with E-state index in [2.05, 4.69) is 9.82 Å².